The van der Waals surface area contributed by atoms with Crippen LogP contribution in [0.5, 0.6) is 0 Å². The van der Waals surface area contributed by atoms with E-state index in [0.717, 1.165) is 6.42 Å². The summed E-state index contributed by atoms with van der Waals surface area (Å²) in [7, 11) is 0. The molecule has 0 saturated carbocycles. The fraction of sp³-hybridized carbons (Fsp3) is 0.786. The van der Waals surface area contributed by atoms with E-state index in [9.17, 15) is 14.4 Å². The molecule has 1 rings (SSSR count). The molecule has 2 N–H and O–H groups in total. The minimum atomic E-state index is -0.870. The van der Waals surface area contributed by atoms with Gasteiger partial charge in [0.1, 0.15) is 0 Å². The largest absolute Gasteiger partial charge is 0.481 e. The molecule has 1 saturated heterocycles. The quantitative estimate of drug-likeness (QED) is 0.654. The molecule has 0 unspecified atom stereocenters. The van der Waals surface area contributed by atoms with E-state index in [0.29, 0.717) is 45.7 Å². The van der Waals surface area contributed by atoms with Gasteiger partial charge >= 0.3 is 5.97 Å². The number of nitrogens with zero attached hydrogens (tertiary/aromatic N) is 2. The van der Waals surface area contributed by atoms with Crippen molar-refractivity contribution in [1.29, 1.82) is 0 Å². The van der Waals surface area contributed by atoms with Crippen LogP contribution in [0.25, 0.3) is 0 Å². The maximum atomic E-state index is 11.9. The van der Waals surface area contributed by atoms with Gasteiger partial charge in [0.25, 0.3) is 0 Å². The lowest BCUT2D eigenvalue weighted by Crippen LogP contribution is -2.51. The molecule has 1 fully saturated rings. The highest BCUT2D eigenvalue weighted by Crippen LogP contribution is 2.06. The van der Waals surface area contributed by atoms with Gasteiger partial charge in [-0.1, -0.05) is 6.92 Å². The Morgan fingerprint density at radius 3 is 2.33 bits per heavy atom. The Balaban J connectivity index is 2.20. The van der Waals surface area contributed by atoms with Gasteiger partial charge in [0, 0.05) is 45.6 Å². The van der Waals surface area contributed by atoms with E-state index >= 15 is 0 Å². The average molecular weight is 299 g/mol. The minimum absolute atomic E-state index is 0.00587. The van der Waals surface area contributed by atoms with Gasteiger partial charge < -0.3 is 15.3 Å². The van der Waals surface area contributed by atoms with Crippen molar-refractivity contribution >= 4 is 17.8 Å². The molecule has 2 amide bonds. The van der Waals surface area contributed by atoms with E-state index in [4.69, 9.17) is 5.11 Å². The Morgan fingerprint density at radius 1 is 1.10 bits per heavy atom. The van der Waals surface area contributed by atoms with E-state index in [1.807, 2.05) is 11.8 Å². The first kappa shape index (κ1) is 17.4. The van der Waals surface area contributed by atoms with Crippen LogP contribution in [0.1, 0.15) is 32.6 Å². The molecular formula is C14H25N3O4. The molecule has 0 spiro atoms. The first-order valence-electron chi connectivity index (χ1n) is 7.51. The number of amides is 2. The Labute approximate surface area is 125 Å². The van der Waals surface area contributed by atoms with Crippen molar-refractivity contribution in [1.82, 2.24) is 15.1 Å². The number of carbonyl (C=O) groups excluding carboxylic acids is 2. The van der Waals surface area contributed by atoms with Crippen molar-refractivity contribution in [2.24, 2.45) is 0 Å². The first-order valence-corrected chi connectivity index (χ1v) is 7.51. The third kappa shape index (κ3) is 7.08. The molecule has 7 nitrogen and oxygen atoms in total. The number of carboxylic acid groups (broad SMARTS) is 1. The predicted molar refractivity (Wildman–Crippen MR) is 77.8 cm³/mol. The van der Waals surface area contributed by atoms with Crippen LogP contribution in [-0.2, 0) is 14.4 Å². The molecule has 0 aromatic rings. The summed E-state index contributed by atoms with van der Waals surface area (Å²) in [5.74, 6) is -0.838. The standard InChI is InChI=1S/C14H25N3O4/c1-2-6-15-12(18)11-16-7-9-17(10-8-16)13(19)4-3-5-14(20)21/h2-11H2,1H3,(H,15,18)(H,20,21). The van der Waals surface area contributed by atoms with Crippen LogP contribution in [0.3, 0.4) is 0 Å². The third-order valence-corrected chi connectivity index (χ3v) is 3.45. The lowest BCUT2D eigenvalue weighted by atomic mass is 10.2. The first-order chi connectivity index (χ1) is 10.0. The third-order valence-electron chi connectivity index (χ3n) is 3.45. The van der Waals surface area contributed by atoms with Gasteiger partial charge in [0.05, 0.1) is 6.54 Å². The SMILES string of the molecule is CCCNC(=O)CN1CCN(C(=O)CCCC(=O)O)CC1. The van der Waals surface area contributed by atoms with Crippen molar-refractivity contribution in [2.75, 3.05) is 39.3 Å². The van der Waals surface area contributed by atoms with Gasteiger partial charge in [0.15, 0.2) is 0 Å². The molecule has 120 valence electrons. The van der Waals surface area contributed by atoms with E-state index in [2.05, 4.69) is 5.32 Å². The van der Waals surface area contributed by atoms with Crippen molar-refractivity contribution in [3.05, 3.63) is 0 Å². The number of hydrogen-bond acceptors (Lipinski definition) is 4. The van der Waals surface area contributed by atoms with Crippen LogP contribution in [0, 0.1) is 0 Å². The smallest absolute Gasteiger partial charge is 0.303 e. The number of rotatable bonds is 8. The fourth-order valence-corrected chi connectivity index (χ4v) is 2.23. The van der Waals surface area contributed by atoms with Crippen LogP contribution in [0.2, 0.25) is 0 Å². The van der Waals surface area contributed by atoms with E-state index in [-0.39, 0.29) is 24.7 Å². The second-order valence-corrected chi connectivity index (χ2v) is 5.25. The fourth-order valence-electron chi connectivity index (χ4n) is 2.23. The van der Waals surface area contributed by atoms with Crippen molar-refractivity contribution < 1.29 is 19.5 Å². The van der Waals surface area contributed by atoms with Crippen molar-refractivity contribution in [3.63, 3.8) is 0 Å². The normalized spacial score (nSPS) is 15.8. The predicted octanol–water partition coefficient (Wildman–Crippen LogP) is -0.0883. The number of nitrogens with one attached hydrogen (secondary N) is 1. The number of carbonyl (C=O) groups is 3. The Morgan fingerprint density at radius 2 is 1.76 bits per heavy atom. The molecule has 1 aliphatic heterocycles. The zero-order valence-corrected chi connectivity index (χ0v) is 12.6. The van der Waals surface area contributed by atoms with Crippen LogP contribution < -0.4 is 5.32 Å². The zero-order valence-electron chi connectivity index (χ0n) is 12.6. The summed E-state index contributed by atoms with van der Waals surface area (Å²) in [4.78, 5) is 37.7. The number of hydrogen-bond donors (Lipinski definition) is 2. The van der Waals surface area contributed by atoms with E-state index in [1.165, 1.54) is 0 Å². The summed E-state index contributed by atoms with van der Waals surface area (Å²) in [6.45, 7) is 5.66. The van der Waals surface area contributed by atoms with Gasteiger partial charge in [-0.15, -0.1) is 0 Å². The van der Waals surface area contributed by atoms with Crippen molar-refractivity contribution in [3.8, 4) is 0 Å². The Bertz CT molecular complexity index is 365. The van der Waals surface area contributed by atoms with E-state index < -0.39 is 5.97 Å². The van der Waals surface area contributed by atoms with Crippen LogP contribution >= 0.6 is 0 Å². The van der Waals surface area contributed by atoms with Gasteiger partial charge in [-0.2, -0.15) is 0 Å². The number of piperazine rings is 1. The average Bonchev–Trinajstić information content (AvgIpc) is 2.45. The van der Waals surface area contributed by atoms with Crippen LogP contribution in [0.15, 0.2) is 0 Å². The van der Waals surface area contributed by atoms with E-state index in [1.54, 1.807) is 4.90 Å². The molecule has 0 radical (unpaired) electrons. The highest BCUT2D eigenvalue weighted by Gasteiger charge is 2.22. The van der Waals surface area contributed by atoms with Gasteiger partial charge in [-0.3, -0.25) is 19.3 Å². The lowest BCUT2D eigenvalue weighted by molar-refractivity contribution is -0.137. The highest BCUT2D eigenvalue weighted by atomic mass is 16.4. The summed E-state index contributed by atoms with van der Waals surface area (Å²) >= 11 is 0. The maximum Gasteiger partial charge on any atom is 0.303 e. The summed E-state index contributed by atoms with van der Waals surface area (Å²) in [5.41, 5.74) is 0. The molecule has 0 bridgehead atoms. The molecule has 0 aliphatic carbocycles. The second-order valence-electron chi connectivity index (χ2n) is 5.25. The molecule has 0 atom stereocenters. The Hall–Kier alpha value is -1.63. The van der Waals surface area contributed by atoms with Gasteiger partial charge in [-0.25, -0.2) is 0 Å². The summed E-state index contributed by atoms with van der Waals surface area (Å²) in [6.07, 6.45) is 1.62. The zero-order chi connectivity index (χ0) is 15.7. The monoisotopic (exact) mass is 299 g/mol. The Kier molecular flexibility index (Phi) is 7.74. The second kappa shape index (κ2) is 9.33. The molecular weight excluding hydrogens is 274 g/mol. The molecule has 21 heavy (non-hydrogen) atoms. The summed E-state index contributed by atoms with van der Waals surface area (Å²) in [5, 5.41) is 11.4. The molecule has 1 heterocycles. The van der Waals surface area contributed by atoms with Gasteiger partial charge in [-0.05, 0) is 12.8 Å². The molecule has 1 aliphatic rings. The molecule has 0 aromatic heterocycles. The number of carboxylic acids is 1. The minimum Gasteiger partial charge on any atom is -0.481 e. The highest BCUT2D eigenvalue weighted by molar-refractivity contribution is 5.78. The summed E-state index contributed by atoms with van der Waals surface area (Å²) in [6, 6.07) is 0. The van der Waals surface area contributed by atoms with Gasteiger partial charge in [0.2, 0.25) is 11.8 Å². The van der Waals surface area contributed by atoms with Crippen LogP contribution in [-0.4, -0.2) is 72.0 Å². The lowest BCUT2D eigenvalue weighted by Gasteiger charge is -2.34. The summed E-state index contributed by atoms with van der Waals surface area (Å²) < 4.78 is 0. The van der Waals surface area contributed by atoms with Crippen molar-refractivity contribution in [2.45, 2.75) is 32.6 Å². The molecule has 0 aromatic carbocycles. The maximum absolute atomic E-state index is 11.9. The number of aliphatic carboxylic acids is 1. The van der Waals surface area contributed by atoms with Crippen LogP contribution in [0.4, 0.5) is 0 Å². The molecule has 7 heteroatoms. The topological polar surface area (TPSA) is 90.0 Å².